The van der Waals surface area contributed by atoms with E-state index >= 15 is 0 Å². The molecule has 1 amide bonds. The van der Waals surface area contributed by atoms with Gasteiger partial charge in [0, 0.05) is 19.2 Å². The van der Waals surface area contributed by atoms with E-state index < -0.39 is 0 Å². The molecule has 0 saturated carbocycles. The number of hydrogen-bond donors (Lipinski definition) is 0. The molecule has 2 heterocycles. The molecule has 0 aromatic carbocycles. The molecule has 52 valence electrons. The lowest BCUT2D eigenvalue weighted by Crippen LogP contribution is -2.35. The zero-order chi connectivity index (χ0) is 6.97. The minimum Gasteiger partial charge on any atom is -0.279 e. The van der Waals surface area contributed by atoms with E-state index in [2.05, 4.69) is 9.98 Å². The first-order chi connectivity index (χ1) is 4.88. The molecule has 0 atom stereocenters. The van der Waals surface area contributed by atoms with Crippen molar-refractivity contribution in [3.05, 3.63) is 0 Å². The van der Waals surface area contributed by atoms with Crippen molar-refractivity contribution in [3.8, 4) is 0 Å². The second kappa shape index (κ2) is 1.90. The van der Waals surface area contributed by atoms with Crippen LogP contribution in [-0.4, -0.2) is 36.1 Å². The van der Waals surface area contributed by atoms with Crippen LogP contribution in [0.15, 0.2) is 9.98 Å². The van der Waals surface area contributed by atoms with E-state index in [1.807, 2.05) is 0 Å². The molecule has 0 fully saturated rings. The quantitative estimate of drug-likeness (QED) is 0.450. The van der Waals surface area contributed by atoms with Gasteiger partial charge in [0.1, 0.15) is 6.54 Å². The highest BCUT2D eigenvalue weighted by Gasteiger charge is 2.25. The summed E-state index contributed by atoms with van der Waals surface area (Å²) in [6.07, 6.45) is 2.65. The third-order valence-corrected chi connectivity index (χ3v) is 1.59. The molecule has 2 aliphatic rings. The topological polar surface area (TPSA) is 45.0 Å². The van der Waals surface area contributed by atoms with E-state index in [1.165, 1.54) is 0 Å². The van der Waals surface area contributed by atoms with E-state index in [4.69, 9.17) is 0 Å². The van der Waals surface area contributed by atoms with Gasteiger partial charge >= 0.3 is 0 Å². The molecule has 0 bridgehead atoms. The number of rotatable bonds is 0. The second-order valence-corrected chi connectivity index (χ2v) is 2.26. The summed E-state index contributed by atoms with van der Waals surface area (Å²) >= 11 is 0. The Hall–Kier alpha value is -1.19. The van der Waals surface area contributed by atoms with Gasteiger partial charge in [-0.1, -0.05) is 0 Å². The minimum absolute atomic E-state index is 0.0758. The molecule has 10 heavy (non-hydrogen) atoms. The molecule has 0 aromatic heterocycles. The SMILES string of the molecule is O=C1CN=C2N=CCCN12. The Morgan fingerprint density at radius 1 is 1.60 bits per heavy atom. The number of amides is 1. The van der Waals surface area contributed by atoms with Crippen LogP contribution in [0.1, 0.15) is 6.42 Å². The largest absolute Gasteiger partial charge is 0.279 e. The molecule has 0 N–H and O–H groups in total. The summed E-state index contributed by atoms with van der Waals surface area (Å²) in [5, 5.41) is 0. The van der Waals surface area contributed by atoms with Crippen LogP contribution in [0, 0.1) is 0 Å². The molecular weight excluding hydrogens is 130 g/mol. The average molecular weight is 137 g/mol. The lowest BCUT2D eigenvalue weighted by Gasteiger charge is -2.16. The maximum atomic E-state index is 10.9. The Kier molecular flexibility index (Phi) is 1.06. The van der Waals surface area contributed by atoms with Crippen molar-refractivity contribution in [3.63, 3.8) is 0 Å². The average Bonchev–Trinajstić information content (AvgIpc) is 2.34. The number of fused-ring (bicyclic) bond motifs is 1. The first-order valence-corrected chi connectivity index (χ1v) is 3.25. The van der Waals surface area contributed by atoms with E-state index in [0.717, 1.165) is 13.0 Å². The number of aliphatic imine (C=N–C) groups is 2. The number of guanidine groups is 1. The van der Waals surface area contributed by atoms with Gasteiger partial charge in [0.05, 0.1) is 0 Å². The normalized spacial score (nSPS) is 23.0. The van der Waals surface area contributed by atoms with Gasteiger partial charge in [-0.2, -0.15) is 0 Å². The van der Waals surface area contributed by atoms with Crippen LogP contribution in [0.3, 0.4) is 0 Å². The molecule has 0 aromatic rings. The maximum absolute atomic E-state index is 10.9. The lowest BCUT2D eigenvalue weighted by atomic mass is 10.4. The number of carbonyl (C=O) groups excluding carboxylic acids is 1. The fourth-order valence-electron chi connectivity index (χ4n) is 1.09. The zero-order valence-corrected chi connectivity index (χ0v) is 5.45. The molecule has 2 rings (SSSR count). The summed E-state index contributed by atoms with van der Waals surface area (Å²) in [5.74, 6) is 0.670. The fourth-order valence-corrected chi connectivity index (χ4v) is 1.09. The van der Waals surface area contributed by atoms with Crippen molar-refractivity contribution in [1.29, 1.82) is 0 Å². The highest BCUT2D eigenvalue weighted by atomic mass is 16.2. The van der Waals surface area contributed by atoms with Crippen molar-refractivity contribution < 1.29 is 4.79 Å². The standard InChI is InChI=1S/C6H7N3O/c10-5-4-8-6-7-2-1-3-9(5)6/h2H,1,3-4H2. The maximum Gasteiger partial charge on any atom is 0.251 e. The van der Waals surface area contributed by atoms with Gasteiger partial charge in [-0.25, -0.2) is 9.98 Å². The van der Waals surface area contributed by atoms with Gasteiger partial charge < -0.3 is 0 Å². The van der Waals surface area contributed by atoms with E-state index in [1.54, 1.807) is 11.1 Å². The molecule has 0 aliphatic carbocycles. The molecule has 0 saturated heterocycles. The van der Waals surface area contributed by atoms with Gasteiger partial charge in [-0.05, 0) is 0 Å². The smallest absolute Gasteiger partial charge is 0.251 e. The summed E-state index contributed by atoms with van der Waals surface area (Å²) < 4.78 is 0. The van der Waals surface area contributed by atoms with E-state index in [-0.39, 0.29) is 12.5 Å². The van der Waals surface area contributed by atoms with E-state index in [9.17, 15) is 4.79 Å². The van der Waals surface area contributed by atoms with Gasteiger partial charge in [0.25, 0.3) is 5.91 Å². The fraction of sp³-hybridized carbons (Fsp3) is 0.500. The summed E-state index contributed by atoms with van der Waals surface area (Å²) in [5.41, 5.74) is 0. The van der Waals surface area contributed by atoms with Crippen molar-refractivity contribution in [2.45, 2.75) is 6.42 Å². The van der Waals surface area contributed by atoms with Crippen molar-refractivity contribution in [1.82, 2.24) is 4.90 Å². The van der Waals surface area contributed by atoms with Gasteiger partial charge in [-0.3, -0.25) is 9.69 Å². The van der Waals surface area contributed by atoms with Crippen LogP contribution in [0.4, 0.5) is 0 Å². The third kappa shape index (κ3) is 0.650. The predicted octanol–water partition coefficient (Wildman–Crippen LogP) is -0.341. The van der Waals surface area contributed by atoms with Crippen LogP contribution >= 0.6 is 0 Å². The highest BCUT2D eigenvalue weighted by molar-refractivity contribution is 6.06. The molecular formula is C6H7N3O. The minimum atomic E-state index is 0.0758. The summed E-state index contributed by atoms with van der Waals surface area (Å²) in [4.78, 5) is 20.5. The van der Waals surface area contributed by atoms with Crippen molar-refractivity contribution in [2.24, 2.45) is 9.98 Å². The lowest BCUT2D eigenvalue weighted by molar-refractivity contribution is -0.124. The summed E-state index contributed by atoms with van der Waals surface area (Å²) in [7, 11) is 0. The Balaban J connectivity index is 2.31. The number of carbonyl (C=O) groups is 1. The van der Waals surface area contributed by atoms with Crippen molar-refractivity contribution in [2.75, 3.05) is 13.1 Å². The van der Waals surface area contributed by atoms with Crippen LogP contribution in [-0.2, 0) is 4.79 Å². The number of hydrogen-bond acceptors (Lipinski definition) is 3. The molecule has 4 heteroatoms. The van der Waals surface area contributed by atoms with Gasteiger partial charge in [0.15, 0.2) is 0 Å². The molecule has 0 spiro atoms. The monoisotopic (exact) mass is 137 g/mol. The van der Waals surface area contributed by atoms with Crippen LogP contribution in [0.25, 0.3) is 0 Å². The van der Waals surface area contributed by atoms with Crippen LogP contribution in [0.2, 0.25) is 0 Å². The Labute approximate surface area is 58.3 Å². The Morgan fingerprint density at radius 3 is 3.30 bits per heavy atom. The third-order valence-electron chi connectivity index (χ3n) is 1.59. The summed E-state index contributed by atoms with van der Waals surface area (Å²) in [6.45, 7) is 1.04. The second-order valence-electron chi connectivity index (χ2n) is 2.26. The van der Waals surface area contributed by atoms with Crippen molar-refractivity contribution >= 4 is 18.1 Å². The van der Waals surface area contributed by atoms with E-state index in [0.29, 0.717) is 5.96 Å². The molecule has 4 nitrogen and oxygen atoms in total. The van der Waals surface area contributed by atoms with Crippen LogP contribution < -0.4 is 0 Å². The predicted molar refractivity (Wildman–Crippen MR) is 37.1 cm³/mol. The molecule has 2 aliphatic heterocycles. The van der Waals surface area contributed by atoms with Crippen LogP contribution in [0.5, 0.6) is 0 Å². The Bertz CT molecular complexity index is 231. The first kappa shape index (κ1) is 5.58. The molecule has 0 unspecified atom stereocenters. The highest BCUT2D eigenvalue weighted by Crippen LogP contribution is 2.07. The van der Waals surface area contributed by atoms with Gasteiger partial charge in [-0.15, -0.1) is 0 Å². The summed E-state index contributed by atoms with van der Waals surface area (Å²) in [6, 6.07) is 0. The first-order valence-electron chi connectivity index (χ1n) is 3.25. The molecule has 0 radical (unpaired) electrons. The number of nitrogens with zero attached hydrogens (tertiary/aromatic N) is 3. The van der Waals surface area contributed by atoms with Gasteiger partial charge in [0.2, 0.25) is 5.96 Å². The Morgan fingerprint density at radius 2 is 2.50 bits per heavy atom. The zero-order valence-electron chi connectivity index (χ0n) is 5.45.